The van der Waals surface area contributed by atoms with Crippen molar-refractivity contribution in [1.82, 2.24) is 0 Å². The topological polar surface area (TPSA) is 0 Å². The SMILES string of the molecule is CCCCCC(Br)C1(C(Br)CCCCC)c2cc(Br)ccc2-c2ccc(Br)cc21. The number of fused-ring (bicyclic) bond motifs is 3. The Balaban J connectivity index is 2.17. The Morgan fingerprint density at radius 2 is 1.10 bits per heavy atom. The van der Waals surface area contributed by atoms with Crippen LogP contribution in [-0.4, -0.2) is 9.65 Å². The van der Waals surface area contributed by atoms with E-state index in [2.05, 4.69) is 114 Å². The molecule has 2 aromatic carbocycles. The molecule has 0 N–H and O–H groups in total. The number of unbranched alkanes of at least 4 members (excludes halogenated alkanes) is 4. The second kappa shape index (κ2) is 10.8. The minimum absolute atomic E-state index is 0.0697. The third kappa shape index (κ3) is 4.76. The Labute approximate surface area is 210 Å². The van der Waals surface area contributed by atoms with Crippen molar-refractivity contribution in [3.05, 3.63) is 56.5 Å². The normalized spacial score (nSPS) is 16.3. The van der Waals surface area contributed by atoms with Crippen molar-refractivity contribution in [3.8, 4) is 11.1 Å². The highest BCUT2D eigenvalue weighted by Gasteiger charge is 2.51. The maximum Gasteiger partial charge on any atom is 0.0465 e. The van der Waals surface area contributed by atoms with Gasteiger partial charge in [0.2, 0.25) is 0 Å². The Kier molecular flexibility index (Phi) is 8.93. The maximum atomic E-state index is 4.23. The molecule has 0 radical (unpaired) electrons. The average Bonchev–Trinajstić information content (AvgIpc) is 2.97. The number of hydrogen-bond acceptors (Lipinski definition) is 0. The van der Waals surface area contributed by atoms with Crippen LogP contribution in [0.2, 0.25) is 0 Å². The van der Waals surface area contributed by atoms with E-state index in [1.165, 1.54) is 73.6 Å². The maximum absolute atomic E-state index is 4.23. The van der Waals surface area contributed by atoms with E-state index in [-0.39, 0.29) is 5.41 Å². The summed E-state index contributed by atoms with van der Waals surface area (Å²) in [6.45, 7) is 4.57. The minimum atomic E-state index is -0.0697. The molecule has 1 aliphatic rings. The highest BCUT2D eigenvalue weighted by atomic mass is 79.9. The quantitative estimate of drug-likeness (QED) is 0.178. The summed E-state index contributed by atoms with van der Waals surface area (Å²) in [5.74, 6) is 0. The van der Waals surface area contributed by atoms with Crippen LogP contribution in [-0.2, 0) is 5.41 Å². The molecule has 0 amide bonds. The summed E-state index contributed by atoms with van der Waals surface area (Å²) in [4.78, 5) is 0.771. The van der Waals surface area contributed by atoms with Crippen LogP contribution in [0.5, 0.6) is 0 Å². The highest BCUT2D eigenvalue weighted by molar-refractivity contribution is 9.11. The molecule has 1 aliphatic carbocycles. The first-order valence-corrected chi connectivity index (χ1v) is 14.3. The number of hydrogen-bond donors (Lipinski definition) is 0. The number of rotatable bonds is 10. The Morgan fingerprint density at radius 3 is 1.48 bits per heavy atom. The molecule has 0 aliphatic heterocycles. The van der Waals surface area contributed by atoms with E-state index in [1.807, 2.05) is 0 Å². The molecule has 4 heteroatoms. The zero-order valence-corrected chi connectivity index (χ0v) is 23.6. The fourth-order valence-corrected chi connectivity index (χ4v) is 8.15. The van der Waals surface area contributed by atoms with Gasteiger partial charge in [0.25, 0.3) is 0 Å². The predicted molar refractivity (Wildman–Crippen MR) is 142 cm³/mol. The highest BCUT2D eigenvalue weighted by Crippen LogP contribution is 2.58. The molecule has 3 rings (SSSR count). The van der Waals surface area contributed by atoms with Crippen molar-refractivity contribution in [2.45, 2.75) is 80.3 Å². The zero-order valence-electron chi connectivity index (χ0n) is 17.3. The van der Waals surface area contributed by atoms with Crippen molar-refractivity contribution in [2.75, 3.05) is 0 Å². The van der Waals surface area contributed by atoms with E-state index in [1.54, 1.807) is 0 Å². The van der Waals surface area contributed by atoms with Gasteiger partial charge in [-0.2, -0.15) is 0 Å². The van der Waals surface area contributed by atoms with Crippen molar-refractivity contribution < 1.29 is 0 Å². The molecular formula is C25H30Br4. The summed E-state index contributed by atoms with van der Waals surface area (Å²) < 4.78 is 2.32. The van der Waals surface area contributed by atoms with Crippen LogP contribution in [0.15, 0.2) is 45.3 Å². The molecular weight excluding hydrogens is 620 g/mol. The third-order valence-electron chi connectivity index (χ3n) is 6.26. The van der Waals surface area contributed by atoms with Crippen LogP contribution in [0.1, 0.15) is 76.3 Å². The molecule has 0 saturated heterocycles. The van der Waals surface area contributed by atoms with Gasteiger partial charge in [-0.05, 0) is 59.4 Å². The Morgan fingerprint density at radius 1 is 0.690 bits per heavy atom. The van der Waals surface area contributed by atoms with Crippen molar-refractivity contribution in [1.29, 1.82) is 0 Å². The molecule has 0 saturated carbocycles. The van der Waals surface area contributed by atoms with Crippen LogP contribution in [0, 0.1) is 0 Å². The van der Waals surface area contributed by atoms with Gasteiger partial charge < -0.3 is 0 Å². The van der Waals surface area contributed by atoms with Crippen molar-refractivity contribution in [3.63, 3.8) is 0 Å². The van der Waals surface area contributed by atoms with Gasteiger partial charge in [-0.1, -0.05) is 128 Å². The monoisotopic (exact) mass is 646 g/mol. The largest absolute Gasteiger partial charge is 0.0877 e. The first-order chi connectivity index (χ1) is 14.0. The molecule has 0 bridgehead atoms. The summed E-state index contributed by atoms with van der Waals surface area (Å²) in [5, 5.41) is 0. The molecule has 2 aromatic rings. The molecule has 0 spiro atoms. The van der Waals surface area contributed by atoms with Crippen molar-refractivity contribution >= 4 is 63.7 Å². The lowest BCUT2D eigenvalue weighted by molar-refractivity contribution is 0.434. The first kappa shape index (κ1) is 24.0. The van der Waals surface area contributed by atoms with Gasteiger partial charge in [0.15, 0.2) is 0 Å². The van der Waals surface area contributed by atoms with E-state index in [0.29, 0.717) is 9.65 Å². The van der Waals surface area contributed by atoms with Gasteiger partial charge in [-0.25, -0.2) is 0 Å². The average molecular weight is 650 g/mol. The second-order valence-electron chi connectivity index (χ2n) is 8.18. The van der Waals surface area contributed by atoms with E-state index >= 15 is 0 Å². The first-order valence-electron chi connectivity index (χ1n) is 10.8. The van der Waals surface area contributed by atoms with E-state index in [9.17, 15) is 0 Å². The number of alkyl halides is 2. The predicted octanol–water partition coefficient (Wildman–Crippen LogP) is 10.2. The third-order valence-corrected chi connectivity index (χ3v) is 9.60. The fourth-order valence-electron chi connectivity index (χ4n) is 4.81. The van der Waals surface area contributed by atoms with E-state index in [4.69, 9.17) is 0 Å². The van der Waals surface area contributed by atoms with Gasteiger partial charge >= 0.3 is 0 Å². The lowest BCUT2D eigenvalue weighted by Gasteiger charge is -2.41. The summed E-state index contributed by atoms with van der Waals surface area (Å²) in [7, 11) is 0. The van der Waals surface area contributed by atoms with Crippen LogP contribution in [0.3, 0.4) is 0 Å². The fraction of sp³-hybridized carbons (Fsp3) is 0.520. The van der Waals surface area contributed by atoms with Crippen LogP contribution < -0.4 is 0 Å². The van der Waals surface area contributed by atoms with E-state index < -0.39 is 0 Å². The summed E-state index contributed by atoms with van der Waals surface area (Å²) >= 11 is 16.0. The lowest BCUT2D eigenvalue weighted by Crippen LogP contribution is -2.44. The van der Waals surface area contributed by atoms with Gasteiger partial charge in [0.1, 0.15) is 0 Å². The molecule has 2 unspecified atom stereocenters. The number of halogens is 4. The summed E-state index contributed by atoms with van der Waals surface area (Å²) in [6, 6.07) is 13.7. The second-order valence-corrected chi connectivity index (χ2v) is 12.2. The van der Waals surface area contributed by atoms with Gasteiger partial charge in [-0.15, -0.1) is 0 Å². The minimum Gasteiger partial charge on any atom is -0.0877 e. The smallest absolute Gasteiger partial charge is 0.0465 e. The molecule has 158 valence electrons. The zero-order chi connectivity index (χ0) is 21.0. The summed E-state index contributed by atoms with van der Waals surface area (Å²) in [5.41, 5.74) is 5.61. The number of benzene rings is 2. The lowest BCUT2D eigenvalue weighted by atomic mass is 9.70. The van der Waals surface area contributed by atoms with Crippen LogP contribution in [0.25, 0.3) is 11.1 Å². The van der Waals surface area contributed by atoms with Crippen molar-refractivity contribution in [2.24, 2.45) is 0 Å². The standard InChI is InChI=1S/C25H30Br4/c1-3-5-7-9-23(28)25(24(29)10-8-6-4-2)21-15-17(26)11-13-19(21)20-14-12-18(27)16-22(20)25/h11-16,23-24H,3-10H2,1-2H3. The van der Waals surface area contributed by atoms with Crippen LogP contribution >= 0.6 is 63.7 Å². The van der Waals surface area contributed by atoms with Gasteiger partial charge in [-0.3, -0.25) is 0 Å². The van der Waals surface area contributed by atoms with E-state index in [0.717, 1.165) is 8.95 Å². The molecule has 0 aromatic heterocycles. The Hall–Kier alpha value is 0.360. The molecule has 0 heterocycles. The summed E-state index contributed by atoms with van der Waals surface area (Å²) in [6.07, 6.45) is 9.97. The molecule has 2 atom stereocenters. The molecule has 0 fully saturated rings. The molecule has 29 heavy (non-hydrogen) atoms. The van der Waals surface area contributed by atoms with Gasteiger partial charge in [0, 0.05) is 24.0 Å². The molecule has 0 nitrogen and oxygen atoms in total. The van der Waals surface area contributed by atoms with Crippen LogP contribution in [0.4, 0.5) is 0 Å². The van der Waals surface area contributed by atoms with Gasteiger partial charge in [0.05, 0.1) is 0 Å². The Bertz CT molecular complexity index is 760.